The van der Waals surface area contributed by atoms with Crippen molar-refractivity contribution in [2.75, 3.05) is 25.7 Å². The SMILES string of the molecule is CC#C[C@@H](CC(=O)OC)c1ccc(OCc2ccc3c(c2)-c2c(C)cc(OCCCS(C)(=O)=O)cc2CCC3)cc1. The molecule has 0 N–H and O–H groups in total. The predicted octanol–water partition coefficient (Wildman–Crippen LogP) is 6.21. The Morgan fingerprint density at radius 1 is 0.976 bits per heavy atom. The lowest BCUT2D eigenvalue weighted by molar-refractivity contribution is -0.140. The summed E-state index contributed by atoms with van der Waals surface area (Å²) in [6.07, 6.45) is 4.96. The van der Waals surface area contributed by atoms with Crippen LogP contribution in [-0.2, 0) is 38.8 Å². The van der Waals surface area contributed by atoms with Crippen molar-refractivity contribution in [3.05, 3.63) is 82.4 Å². The third-order valence-corrected chi connectivity index (χ3v) is 8.29. The van der Waals surface area contributed by atoms with Crippen molar-refractivity contribution in [3.63, 3.8) is 0 Å². The molecule has 4 rings (SSSR count). The molecule has 0 radical (unpaired) electrons. The second-order valence-corrected chi connectivity index (χ2v) is 12.8. The predicted molar refractivity (Wildman–Crippen MR) is 162 cm³/mol. The summed E-state index contributed by atoms with van der Waals surface area (Å²) in [6.45, 7) is 4.68. The normalized spacial score (nSPS) is 13.1. The summed E-state index contributed by atoms with van der Waals surface area (Å²) < 4.78 is 39.7. The lowest BCUT2D eigenvalue weighted by atomic mass is 9.91. The van der Waals surface area contributed by atoms with E-state index < -0.39 is 9.84 Å². The first-order chi connectivity index (χ1) is 19.7. The van der Waals surface area contributed by atoms with Gasteiger partial charge in [-0.3, -0.25) is 4.79 Å². The fourth-order valence-corrected chi connectivity index (χ4v) is 5.92. The monoisotopic (exact) mass is 574 g/mol. The second kappa shape index (κ2) is 13.7. The molecule has 1 aliphatic carbocycles. The molecule has 1 atom stereocenters. The van der Waals surface area contributed by atoms with Crippen LogP contribution in [0.25, 0.3) is 11.1 Å². The molecule has 0 heterocycles. The first kappa shape index (κ1) is 30.2. The maximum atomic E-state index is 11.8. The number of esters is 1. The zero-order valence-corrected chi connectivity index (χ0v) is 25.1. The molecule has 0 saturated heterocycles. The van der Waals surface area contributed by atoms with Gasteiger partial charge in [0.2, 0.25) is 0 Å². The van der Waals surface area contributed by atoms with E-state index in [4.69, 9.17) is 14.2 Å². The van der Waals surface area contributed by atoms with E-state index in [9.17, 15) is 13.2 Å². The summed E-state index contributed by atoms with van der Waals surface area (Å²) in [7, 11) is -1.60. The Morgan fingerprint density at radius 2 is 1.73 bits per heavy atom. The molecule has 216 valence electrons. The minimum absolute atomic E-state index is 0.128. The topological polar surface area (TPSA) is 78.9 Å². The van der Waals surface area contributed by atoms with Crippen molar-refractivity contribution >= 4 is 15.8 Å². The maximum absolute atomic E-state index is 11.8. The van der Waals surface area contributed by atoms with Gasteiger partial charge in [-0.25, -0.2) is 8.42 Å². The molecule has 0 bridgehead atoms. The van der Waals surface area contributed by atoms with Crippen LogP contribution in [0.1, 0.15) is 59.9 Å². The average molecular weight is 575 g/mol. The molecule has 3 aromatic rings. The Kier molecular flexibility index (Phi) is 10.1. The minimum atomic E-state index is -2.99. The molecule has 0 fully saturated rings. The van der Waals surface area contributed by atoms with Crippen molar-refractivity contribution in [3.8, 4) is 34.5 Å². The first-order valence-corrected chi connectivity index (χ1v) is 16.0. The summed E-state index contributed by atoms with van der Waals surface area (Å²) in [5.41, 5.74) is 8.26. The van der Waals surface area contributed by atoms with Crippen molar-refractivity contribution in [1.82, 2.24) is 0 Å². The summed E-state index contributed by atoms with van der Waals surface area (Å²) in [4.78, 5) is 11.8. The van der Waals surface area contributed by atoms with E-state index in [0.29, 0.717) is 19.6 Å². The number of aryl methyl sites for hydroxylation is 3. The molecular formula is C34H38O6S. The smallest absolute Gasteiger partial charge is 0.307 e. The van der Waals surface area contributed by atoms with Gasteiger partial charge < -0.3 is 14.2 Å². The van der Waals surface area contributed by atoms with Gasteiger partial charge in [0, 0.05) is 6.26 Å². The third-order valence-electron chi connectivity index (χ3n) is 7.26. The lowest BCUT2D eigenvalue weighted by Gasteiger charge is -2.17. The third kappa shape index (κ3) is 8.37. The molecule has 0 aliphatic heterocycles. The van der Waals surface area contributed by atoms with E-state index in [1.165, 1.54) is 35.6 Å². The lowest BCUT2D eigenvalue weighted by Crippen LogP contribution is -2.08. The summed E-state index contributed by atoms with van der Waals surface area (Å²) in [5.74, 6) is 7.16. The number of fused-ring (bicyclic) bond motifs is 3. The van der Waals surface area contributed by atoms with E-state index in [2.05, 4.69) is 49.1 Å². The van der Waals surface area contributed by atoms with Gasteiger partial charge in [0.05, 0.1) is 31.8 Å². The molecule has 0 unspecified atom stereocenters. The molecule has 1 aliphatic rings. The molecule has 0 amide bonds. The van der Waals surface area contributed by atoms with Crippen LogP contribution in [0.4, 0.5) is 0 Å². The molecule has 41 heavy (non-hydrogen) atoms. The number of rotatable bonds is 11. The van der Waals surface area contributed by atoms with Crippen LogP contribution in [0.2, 0.25) is 0 Å². The van der Waals surface area contributed by atoms with Crippen LogP contribution in [0.3, 0.4) is 0 Å². The zero-order valence-electron chi connectivity index (χ0n) is 24.3. The second-order valence-electron chi connectivity index (χ2n) is 10.5. The number of hydrogen-bond donors (Lipinski definition) is 0. The number of ether oxygens (including phenoxy) is 3. The van der Waals surface area contributed by atoms with Gasteiger partial charge in [-0.15, -0.1) is 5.92 Å². The van der Waals surface area contributed by atoms with Crippen LogP contribution < -0.4 is 9.47 Å². The fourth-order valence-electron chi connectivity index (χ4n) is 5.27. The van der Waals surface area contributed by atoms with E-state index in [0.717, 1.165) is 47.5 Å². The Balaban J connectivity index is 1.47. The van der Waals surface area contributed by atoms with Gasteiger partial charge in [-0.05, 0) is 109 Å². The Labute approximate surface area is 244 Å². The minimum Gasteiger partial charge on any atom is -0.494 e. The summed E-state index contributed by atoms with van der Waals surface area (Å²) in [6, 6.07) is 18.5. The van der Waals surface area contributed by atoms with E-state index in [1.54, 1.807) is 6.92 Å². The highest BCUT2D eigenvalue weighted by molar-refractivity contribution is 7.90. The first-order valence-electron chi connectivity index (χ1n) is 13.9. The van der Waals surface area contributed by atoms with E-state index >= 15 is 0 Å². The Bertz CT molecular complexity index is 1540. The van der Waals surface area contributed by atoms with Gasteiger partial charge in [0.25, 0.3) is 0 Å². The number of sulfone groups is 1. The quantitative estimate of drug-likeness (QED) is 0.154. The van der Waals surface area contributed by atoms with Crippen molar-refractivity contribution in [2.24, 2.45) is 0 Å². The van der Waals surface area contributed by atoms with Crippen LogP contribution >= 0.6 is 0 Å². The van der Waals surface area contributed by atoms with Crippen LogP contribution in [0.5, 0.6) is 11.5 Å². The van der Waals surface area contributed by atoms with E-state index in [1.807, 2.05) is 24.3 Å². The Morgan fingerprint density at radius 3 is 2.44 bits per heavy atom. The molecular weight excluding hydrogens is 536 g/mol. The molecule has 0 saturated carbocycles. The number of methoxy groups -OCH3 is 1. The van der Waals surface area contributed by atoms with Gasteiger partial charge in [0.15, 0.2) is 0 Å². The van der Waals surface area contributed by atoms with Gasteiger partial charge in [-0.2, -0.15) is 0 Å². The molecule has 3 aromatic carbocycles. The maximum Gasteiger partial charge on any atom is 0.307 e. The molecule has 7 heteroatoms. The van der Waals surface area contributed by atoms with Crippen LogP contribution in [-0.4, -0.2) is 40.1 Å². The van der Waals surface area contributed by atoms with Crippen molar-refractivity contribution in [1.29, 1.82) is 0 Å². The number of hydrogen-bond acceptors (Lipinski definition) is 6. The summed E-state index contributed by atoms with van der Waals surface area (Å²) >= 11 is 0. The van der Waals surface area contributed by atoms with Crippen molar-refractivity contribution in [2.45, 2.75) is 58.5 Å². The van der Waals surface area contributed by atoms with Crippen molar-refractivity contribution < 1.29 is 27.4 Å². The highest BCUT2D eigenvalue weighted by atomic mass is 32.2. The Hall–Kier alpha value is -3.76. The number of carbonyl (C=O) groups excluding carboxylic acids is 1. The van der Waals surface area contributed by atoms with E-state index in [-0.39, 0.29) is 24.1 Å². The number of carbonyl (C=O) groups is 1. The molecule has 0 aromatic heterocycles. The van der Waals surface area contributed by atoms with Gasteiger partial charge in [0.1, 0.15) is 27.9 Å². The highest BCUT2D eigenvalue weighted by Crippen LogP contribution is 2.38. The van der Waals surface area contributed by atoms with Gasteiger partial charge >= 0.3 is 5.97 Å². The summed E-state index contributed by atoms with van der Waals surface area (Å²) in [5, 5.41) is 0. The fraction of sp³-hybridized carbons (Fsp3) is 0.382. The largest absolute Gasteiger partial charge is 0.494 e. The van der Waals surface area contributed by atoms with Crippen LogP contribution in [0, 0.1) is 18.8 Å². The molecule has 0 spiro atoms. The van der Waals surface area contributed by atoms with Gasteiger partial charge in [-0.1, -0.05) is 30.2 Å². The highest BCUT2D eigenvalue weighted by Gasteiger charge is 2.19. The average Bonchev–Trinajstić information content (AvgIpc) is 3.13. The zero-order chi connectivity index (χ0) is 29.4. The number of benzene rings is 3. The molecule has 6 nitrogen and oxygen atoms in total. The van der Waals surface area contributed by atoms with Crippen LogP contribution in [0.15, 0.2) is 54.6 Å². The standard InChI is InChI=1S/C34H38O6S/c1-5-8-28(22-33(35)38-3)26-13-15-30(16-14-26)40-23-25-11-12-27-9-6-10-29-21-31(39-17-7-18-41(4,36)37)19-24(2)34(29)32(27)20-25/h11-16,19-21,28H,6-7,9-10,17-18,22-23H2,1-4H3/t28-/m0/s1.